The largest absolute Gasteiger partial charge is 1.00 e. The summed E-state index contributed by atoms with van der Waals surface area (Å²) in [6.07, 6.45) is 0. The van der Waals surface area contributed by atoms with E-state index in [2.05, 4.69) is 5.32 Å². The third-order valence-corrected chi connectivity index (χ3v) is 2.83. The molecule has 0 aromatic heterocycles. The summed E-state index contributed by atoms with van der Waals surface area (Å²) in [5, 5.41) is 14.5. The van der Waals surface area contributed by atoms with Gasteiger partial charge in [0.2, 0.25) is 0 Å². The topological polar surface area (TPSA) is 58.4 Å². The lowest BCUT2D eigenvalue weighted by molar-refractivity contribution is -0.384. The van der Waals surface area contributed by atoms with Crippen molar-refractivity contribution in [3.05, 3.63) is 33.3 Å². The van der Waals surface area contributed by atoms with Gasteiger partial charge in [-0.25, -0.2) is 0 Å². The quantitative estimate of drug-likeness (QED) is 0.537. The normalized spacial score (nSPS) is 15.2. The summed E-state index contributed by atoms with van der Waals surface area (Å²) in [6, 6.07) is 4.80. The van der Waals surface area contributed by atoms with Crippen LogP contribution in [0.15, 0.2) is 18.2 Å². The standard InChI is InChI=1S/C10H12ClN3O2.ClH/c11-8-1-2-9(10(7-8)14(15)16)13-5-3-12-4-6-13;/h1-2,7,12H,3-6H2;1H/p-1. The molecule has 5 nitrogen and oxygen atoms in total. The summed E-state index contributed by atoms with van der Waals surface area (Å²) in [5.41, 5.74) is 0.727. The molecule has 1 aliphatic heterocycles. The SMILES string of the molecule is O=[N+]([O-])c1cc(Cl)ccc1N1CCNCC1.[Cl-]. The van der Waals surface area contributed by atoms with Gasteiger partial charge in [-0.05, 0) is 12.1 Å². The van der Waals surface area contributed by atoms with Gasteiger partial charge in [0.1, 0.15) is 5.69 Å². The zero-order valence-electron chi connectivity index (χ0n) is 9.03. The van der Waals surface area contributed by atoms with Gasteiger partial charge in [0, 0.05) is 37.3 Å². The van der Waals surface area contributed by atoms with Crippen LogP contribution in [-0.2, 0) is 0 Å². The van der Waals surface area contributed by atoms with Gasteiger partial charge in [-0.2, -0.15) is 0 Å². The van der Waals surface area contributed by atoms with E-state index in [-0.39, 0.29) is 23.0 Å². The third-order valence-electron chi connectivity index (χ3n) is 2.59. The second-order valence-corrected chi connectivity index (χ2v) is 4.06. The van der Waals surface area contributed by atoms with E-state index in [0.29, 0.717) is 10.7 Å². The Kier molecular flexibility index (Phi) is 4.99. The number of anilines is 1. The Balaban J connectivity index is 0.00000144. The first-order chi connectivity index (χ1) is 7.68. The first kappa shape index (κ1) is 14.0. The van der Waals surface area contributed by atoms with E-state index >= 15 is 0 Å². The lowest BCUT2D eigenvalue weighted by Crippen LogP contribution is -3.00. The molecule has 1 N–H and O–H groups in total. The van der Waals surface area contributed by atoms with Crippen molar-refractivity contribution < 1.29 is 17.3 Å². The molecule has 17 heavy (non-hydrogen) atoms. The summed E-state index contributed by atoms with van der Waals surface area (Å²) in [4.78, 5) is 12.5. The number of piperazine rings is 1. The van der Waals surface area contributed by atoms with Crippen molar-refractivity contribution in [3.63, 3.8) is 0 Å². The van der Waals surface area contributed by atoms with Crippen molar-refractivity contribution in [2.45, 2.75) is 0 Å². The number of benzene rings is 1. The number of rotatable bonds is 2. The highest BCUT2D eigenvalue weighted by Crippen LogP contribution is 2.30. The fraction of sp³-hybridized carbons (Fsp3) is 0.400. The van der Waals surface area contributed by atoms with Crippen LogP contribution in [0.5, 0.6) is 0 Å². The summed E-state index contributed by atoms with van der Waals surface area (Å²) in [7, 11) is 0. The highest BCUT2D eigenvalue weighted by atomic mass is 35.5. The fourth-order valence-corrected chi connectivity index (χ4v) is 1.98. The minimum absolute atomic E-state index is 0. The zero-order chi connectivity index (χ0) is 11.5. The van der Waals surface area contributed by atoms with E-state index in [1.807, 2.05) is 4.90 Å². The molecule has 0 saturated carbocycles. The van der Waals surface area contributed by atoms with Gasteiger partial charge in [-0.15, -0.1) is 0 Å². The summed E-state index contributed by atoms with van der Waals surface area (Å²) in [6.45, 7) is 3.25. The number of halogens is 2. The Morgan fingerprint density at radius 2 is 2.00 bits per heavy atom. The van der Waals surface area contributed by atoms with Crippen LogP contribution in [0.1, 0.15) is 0 Å². The Morgan fingerprint density at radius 3 is 2.59 bits per heavy atom. The van der Waals surface area contributed by atoms with Crippen LogP contribution < -0.4 is 22.6 Å². The molecule has 94 valence electrons. The van der Waals surface area contributed by atoms with Crippen LogP contribution in [0.25, 0.3) is 0 Å². The van der Waals surface area contributed by atoms with Crippen molar-refractivity contribution in [1.29, 1.82) is 0 Å². The average Bonchev–Trinajstić information content (AvgIpc) is 2.30. The predicted octanol–water partition coefficient (Wildman–Crippen LogP) is -1.34. The van der Waals surface area contributed by atoms with Crippen molar-refractivity contribution in [3.8, 4) is 0 Å². The predicted molar refractivity (Wildman–Crippen MR) is 63.2 cm³/mol. The molecule has 1 aromatic carbocycles. The maximum absolute atomic E-state index is 10.9. The van der Waals surface area contributed by atoms with Gasteiger partial charge in [-0.3, -0.25) is 10.1 Å². The molecule has 1 saturated heterocycles. The van der Waals surface area contributed by atoms with Crippen LogP contribution in [-0.4, -0.2) is 31.1 Å². The van der Waals surface area contributed by atoms with E-state index in [1.54, 1.807) is 12.1 Å². The molecule has 0 bridgehead atoms. The van der Waals surface area contributed by atoms with Gasteiger partial charge in [0.25, 0.3) is 5.69 Å². The molecule has 1 aliphatic rings. The maximum atomic E-state index is 10.9. The van der Waals surface area contributed by atoms with E-state index in [0.717, 1.165) is 26.2 Å². The first-order valence-corrected chi connectivity index (χ1v) is 5.46. The number of nitro groups is 1. The second kappa shape index (κ2) is 6.05. The Hall–Kier alpha value is -1.04. The highest BCUT2D eigenvalue weighted by molar-refractivity contribution is 6.30. The smallest absolute Gasteiger partial charge is 0.294 e. The van der Waals surface area contributed by atoms with Crippen LogP contribution in [0.4, 0.5) is 11.4 Å². The van der Waals surface area contributed by atoms with Crippen LogP contribution in [0.2, 0.25) is 5.02 Å². The maximum Gasteiger partial charge on any atom is 0.294 e. The van der Waals surface area contributed by atoms with Gasteiger partial charge in [0.15, 0.2) is 0 Å². The molecule has 1 aromatic rings. The fourth-order valence-electron chi connectivity index (χ4n) is 1.82. The van der Waals surface area contributed by atoms with Crippen molar-refractivity contribution in [2.75, 3.05) is 31.1 Å². The van der Waals surface area contributed by atoms with Gasteiger partial charge in [0.05, 0.1) is 4.92 Å². The minimum Gasteiger partial charge on any atom is -1.00 e. The molecular weight excluding hydrogens is 265 g/mol. The number of nitrogens with one attached hydrogen (secondary N) is 1. The highest BCUT2D eigenvalue weighted by Gasteiger charge is 2.20. The van der Waals surface area contributed by atoms with E-state index in [4.69, 9.17) is 11.6 Å². The lowest BCUT2D eigenvalue weighted by atomic mass is 10.2. The third kappa shape index (κ3) is 3.21. The lowest BCUT2D eigenvalue weighted by Gasteiger charge is -2.28. The van der Waals surface area contributed by atoms with E-state index in [1.165, 1.54) is 6.07 Å². The average molecular weight is 277 g/mol. The molecule has 0 amide bonds. The molecular formula is C10H12Cl2N3O2-. The van der Waals surface area contributed by atoms with Gasteiger partial charge in [-0.1, -0.05) is 11.6 Å². The molecule has 0 unspecified atom stereocenters. The van der Waals surface area contributed by atoms with Crippen molar-refractivity contribution in [1.82, 2.24) is 5.32 Å². The van der Waals surface area contributed by atoms with Crippen LogP contribution in [0.3, 0.4) is 0 Å². The van der Waals surface area contributed by atoms with E-state index in [9.17, 15) is 10.1 Å². The Morgan fingerprint density at radius 1 is 1.35 bits per heavy atom. The molecule has 0 radical (unpaired) electrons. The van der Waals surface area contributed by atoms with Crippen molar-refractivity contribution in [2.24, 2.45) is 0 Å². The van der Waals surface area contributed by atoms with Crippen LogP contribution in [0, 0.1) is 10.1 Å². The molecule has 7 heteroatoms. The van der Waals surface area contributed by atoms with Crippen LogP contribution >= 0.6 is 11.6 Å². The number of hydrogen-bond acceptors (Lipinski definition) is 4. The zero-order valence-corrected chi connectivity index (χ0v) is 10.5. The second-order valence-electron chi connectivity index (χ2n) is 3.63. The summed E-state index contributed by atoms with van der Waals surface area (Å²) >= 11 is 5.76. The number of nitro benzene ring substituents is 1. The number of hydrogen-bond donors (Lipinski definition) is 1. The minimum atomic E-state index is -0.386. The van der Waals surface area contributed by atoms with Crippen molar-refractivity contribution >= 4 is 23.0 Å². The molecule has 1 heterocycles. The molecule has 0 aliphatic carbocycles. The molecule has 0 atom stereocenters. The Bertz CT molecular complexity index is 409. The Labute approximate surface area is 110 Å². The number of nitrogens with zero attached hydrogens (tertiary/aromatic N) is 2. The first-order valence-electron chi connectivity index (χ1n) is 5.08. The van der Waals surface area contributed by atoms with Gasteiger partial charge >= 0.3 is 0 Å². The molecule has 2 rings (SSSR count). The summed E-state index contributed by atoms with van der Waals surface area (Å²) < 4.78 is 0. The summed E-state index contributed by atoms with van der Waals surface area (Å²) in [5.74, 6) is 0. The van der Waals surface area contributed by atoms with E-state index < -0.39 is 0 Å². The molecule has 1 fully saturated rings. The monoisotopic (exact) mass is 276 g/mol. The van der Waals surface area contributed by atoms with Gasteiger partial charge < -0.3 is 22.6 Å². The molecule has 0 spiro atoms.